The topological polar surface area (TPSA) is 83.6 Å². The molecule has 0 amide bonds. The van der Waals surface area contributed by atoms with E-state index in [2.05, 4.69) is 37.7 Å². The molecule has 4 atom stereocenters. The summed E-state index contributed by atoms with van der Waals surface area (Å²) in [5.74, 6) is 1.61. The van der Waals surface area contributed by atoms with Gasteiger partial charge in [-0.15, -0.1) is 0 Å². The van der Waals surface area contributed by atoms with Crippen LogP contribution in [0.15, 0.2) is 9.98 Å². The molecule has 9 heteroatoms. The van der Waals surface area contributed by atoms with Crippen LogP contribution >= 0.6 is 18.6 Å². The van der Waals surface area contributed by atoms with Crippen molar-refractivity contribution in [1.82, 2.24) is 0 Å². The van der Waals surface area contributed by atoms with Crippen molar-refractivity contribution in [3.8, 4) is 0 Å². The number of hydrogen-bond acceptors (Lipinski definition) is 6. The van der Waals surface area contributed by atoms with Gasteiger partial charge in [0.25, 0.3) is 0 Å². The minimum atomic E-state index is -0.617. The standard InChI is InChI=1S/C17H30N2O4.2ClH.Ti/c1-9(2)13-11(7-20)18-15(22-13)17(5,6)16-19-12(8-21)14(23-16)10(3)4;;;/h9-14,20-21H,7-8H2,1-6H3;2*1H;/q;;;+2/p-2. The van der Waals surface area contributed by atoms with E-state index in [1.54, 1.807) is 0 Å². The number of nitrogens with zero attached hydrogens (tertiary/aromatic N) is 2. The fraction of sp³-hybridized carbons (Fsp3) is 0.882. The van der Waals surface area contributed by atoms with Gasteiger partial charge in [-0.2, -0.15) is 0 Å². The van der Waals surface area contributed by atoms with Crippen LogP contribution in [0.4, 0.5) is 0 Å². The number of aliphatic hydroxyl groups excluding tert-OH is 2. The van der Waals surface area contributed by atoms with Gasteiger partial charge >= 0.3 is 35.6 Å². The van der Waals surface area contributed by atoms with E-state index in [1.165, 1.54) is 0 Å². The van der Waals surface area contributed by atoms with Gasteiger partial charge in [0.05, 0.1) is 13.2 Å². The number of aliphatic hydroxyl groups is 2. The van der Waals surface area contributed by atoms with E-state index >= 15 is 0 Å². The Kier molecular flexibility index (Phi) is 9.89. The molecule has 0 saturated carbocycles. The first-order chi connectivity index (χ1) is 12.1. The molecular formula is C17H30Cl2N2O4Ti. The monoisotopic (exact) mass is 444 g/mol. The zero-order valence-corrected chi connectivity index (χ0v) is 19.3. The van der Waals surface area contributed by atoms with Crippen molar-refractivity contribution in [1.29, 1.82) is 0 Å². The van der Waals surface area contributed by atoms with Crippen LogP contribution in [0.2, 0.25) is 0 Å². The van der Waals surface area contributed by atoms with Gasteiger partial charge in [-0.25, -0.2) is 9.98 Å². The molecule has 0 bridgehead atoms. The van der Waals surface area contributed by atoms with E-state index in [4.69, 9.17) is 28.1 Å². The molecule has 0 aromatic heterocycles. The Morgan fingerprint density at radius 1 is 0.923 bits per heavy atom. The minimum absolute atomic E-state index is 0.0381. The molecule has 0 aliphatic carbocycles. The molecule has 2 aliphatic rings. The Bertz CT molecular complexity index is 473. The molecule has 0 aromatic rings. The molecule has 26 heavy (non-hydrogen) atoms. The first-order valence-corrected chi connectivity index (χ1v) is 13.1. The first-order valence-electron chi connectivity index (χ1n) is 8.81. The molecule has 0 saturated heterocycles. The molecule has 4 unspecified atom stereocenters. The Balaban J connectivity index is 0.00000105. The summed E-state index contributed by atoms with van der Waals surface area (Å²) in [7, 11) is 9.78. The first kappa shape index (κ1) is 24.2. The third kappa shape index (κ3) is 5.58. The van der Waals surface area contributed by atoms with Gasteiger partial charge < -0.3 is 19.7 Å². The number of ether oxygens (including phenoxy) is 2. The number of halogens is 2. The zero-order chi connectivity index (χ0) is 20.1. The van der Waals surface area contributed by atoms with Crippen molar-refractivity contribution in [2.45, 2.75) is 65.8 Å². The van der Waals surface area contributed by atoms with Gasteiger partial charge in [0.15, 0.2) is 11.8 Å². The van der Waals surface area contributed by atoms with Gasteiger partial charge in [0.1, 0.15) is 29.7 Å². The van der Waals surface area contributed by atoms with Crippen LogP contribution in [0.5, 0.6) is 0 Å². The Morgan fingerprint density at radius 3 is 1.42 bits per heavy atom. The summed E-state index contributed by atoms with van der Waals surface area (Å²) < 4.78 is 12.1. The van der Waals surface area contributed by atoms with Crippen molar-refractivity contribution < 1.29 is 36.7 Å². The number of rotatable bonds is 6. The average Bonchev–Trinajstić information content (AvgIpc) is 3.20. The van der Waals surface area contributed by atoms with Crippen molar-refractivity contribution in [2.24, 2.45) is 27.2 Å². The molecule has 6 nitrogen and oxygen atoms in total. The third-order valence-electron chi connectivity index (χ3n) is 4.58. The SMILES string of the molecule is CC(C)C1OC(C(C)(C)C2=NC(CO)C(C(C)C)O2)=NC1CO.[Cl][Ti][Cl]. The number of aliphatic imine (C=N–C) groups is 2. The van der Waals surface area contributed by atoms with Gasteiger partial charge in [0, 0.05) is 0 Å². The Morgan fingerprint density at radius 2 is 1.23 bits per heavy atom. The van der Waals surface area contributed by atoms with E-state index in [0.29, 0.717) is 11.8 Å². The third-order valence-corrected chi connectivity index (χ3v) is 4.58. The summed E-state index contributed by atoms with van der Waals surface area (Å²) in [6.45, 7) is 12.1. The summed E-state index contributed by atoms with van der Waals surface area (Å²) in [6.07, 6.45) is -0.267. The molecule has 0 radical (unpaired) electrons. The van der Waals surface area contributed by atoms with Crippen LogP contribution < -0.4 is 0 Å². The van der Waals surface area contributed by atoms with Gasteiger partial charge in [-0.1, -0.05) is 27.7 Å². The van der Waals surface area contributed by atoms with Crippen molar-refractivity contribution in [2.75, 3.05) is 13.2 Å². The molecule has 150 valence electrons. The molecule has 2 aliphatic heterocycles. The van der Waals surface area contributed by atoms with E-state index in [1.807, 2.05) is 13.8 Å². The molecule has 0 spiro atoms. The second-order valence-electron chi connectivity index (χ2n) is 7.72. The van der Waals surface area contributed by atoms with Crippen molar-refractivity contribution in [3.05, 3.63) is 0 Å². The molecule has 2 heterocycles. The van der Waals surface area contributed by atoms with Crippen LogP contribution in [0.3, 0.4) is 0 Å². The normalized spacial score (nSPS) is 28.2. The zero-order valence-electron chi connectivity index (χ0n) is 16.2. The van der Waals surface area contributed by atoms with Crippen LogP contribution in [-0.2, 0) is 26.5 Å². The van der Waals surface area contributed by atoms with Crippen LogP contribution in [-0.4, -0.2) is 59.5 Å². The molecule has 0 aromatic carbocycles. The van der Waals surface area contributed by atoms with Gasteiger partial charge in [-0.05, 0) is 25.7 Å². The summed E-state index contributed by atoms with van der Waals surface area (Å²) in [5, 5.41) is 19.1. The summed E-state index contributed by atoms with van der Waals surface area (Å²) >= 11 is -0.556. The second-order valence-corrected chi connectivity index (χ2v) is 10.3. The molecule has 2 N–H and O–H groups in total. The maximum atomic E-state index is 9.55. The van der Waals surface area contributed by atoms with E-state index in [-0.39, 0.29) is 49.3 Å². The summed E-state index contributed by atoms with van der Waals surface area (Å²) in [6, 6.07) is -0.498. The van der Waals surface area contributed by atoms with E-state index in [0.717, 1.165) is 0 Å². The van der Waals surface area contributed by atoms with Gasteiger partial charge in [0.2, 0.25) is 0 Å². The molecular weight excluding hydrogens is 415 g/mol. The predicted molar refractivity (Wildman–Crippen MR) is 102 cm³/mol. The summed E-state index contributed by atoms with van der Waals surface area (Å²) in [4.78, 5) is 9.13. The van der Waals surface area contributed by atoms with E-state index < -0.39 is 22.4 Å². The fourth-order valence-corrected chi connectivity index (χ4v) is 3.08. The predicted octanol–water partition coefficient (Wildman–Crippen LogP) is 3.02. The average molecular weight is 445 g/mol. The van der Waals surface area contributed by atoms with Crippen molar-refractivity contribution >= 4 is 30.4 Å². The second kappa shape index (κ2) is 10.6. The number of hydrogen-bond donors (Lipinski definition) is 2. The molecule has 2 rings (SSSR count). The fourth-order valence-electron chi connectivity index (χ4n) is 3.08. The van der Waals surface area contributed by atoms with Gasteiger partial charge in [-0.3, -0.25) is 0 Å². The van der Waals surface area contributed by atoms with Crippen LogP contribution in [0, 0.1) is 17.3 Å². The Labute approximate surface area is 173 Å². The van der Waals surface area contributed by atoms with E-state index in [9.17, 15) is 10.2 Å². The Hall–Kier alpha value is 0.154. The quantitative estimate of drug-likeness (QED) is 0.616. The summed E-state index contributed by atoms with van der Waals surface area (Å²) in [5.41, 5.74) is -0.617. The molecule has 0 fully saturated rings. The maximum absolute atomic E-state index is 9.55. The van der Waals surface area contributed by atoms with Crippen LogP contribution in [0.1, 0.15) is 41.5 Å². The van der Waals surface area contributed by atoms with Crippen molar-refractivity contribution in [3.63, 3.8) is 0 Å². The van der Waals surface area contributed by atoms with Crippen LogP contribution in [0.25, 0.3) is 0 Å².